The Morgan fingerprint density at radius 3 is 2.70 bits per heavy atom. The number of rotatable bonds is 5. The molecule has 1 amide bonds. The summed E-state index contributed by atoms with van der Waals surface area (Å²) in [5, 5.41) is 6.67. The molecule has 30 heavy (non-hydrogen) atoms. The maximum absolute atomic E-state index is 13.0. The van der Waals surface area contributed by atoms with Crippen molar-refractivity contribution < 1.29 is 27.3 Å². The third kappa shape index (κ3) is 4.35. The number of hydrogen-bond donors (Lipinski definition) is 1. The number of piperidine rings is 1. The minimum Gasteiger partial charge on any atom is -0.465 e. The molecule has 0 aliphatic carbocycles. The van der Waals surface area contributed by atoms with Gasteiger partial charge in [-0.1, -0.05) is 16.8 Å². The van der Waals surface area contributed by atoms with Gasteiger partial charge in [-0.2, -0.15) is 4.31 Å². The highest BCUT2D eigenvalue weighted by Crippen LogP contribution is 2.29. The molecule has 0 spiro atoms. The van der Waals surface area contributed by atoms with Gasteiger partial charge in [0.15, 0.2) is 5.76 Å². The number of halogens is 1. The van der Waals surface area contributed by atoms with Crippen molar-refractivity contribution in [3.8, 4) is 0 Å². The van der Waals surface area contributed by atoms with Gasteiger partial charge in [-0.3, -0.25) is 4.79 Å². The number of carbonyl (C=O) groups excluding carboxylic acids is 2. The van der Waals surface area contributed by atoms with Crippen molar-refractivity contribution in [2.75, 3.05) is 25.5 Å². The van der Waals surface area contributed by atoms with Crippen LogP contribution in [0.2, 0.25) is 5.02 Å². The second kappa shape index (κ2) is 8.75. The zero-order valence-corrected chi connectivity index (χ0v) is 18.3. The van der Waals surface area contributed by atoms with Gasteiger partial charge in [-0.05, 0) is 44.9 Å². The lowest BCUT2D eigenvalue weighted by molar-refractivity contribution is -0.120. The van der Waals surface area contributed by atoms with E-state index in [1.807, 2.05) is 0 Å². The normalized spacial score (nSPS) is 17.5. The first kappa shape index (κ1) is 22.3. The van der Waals surface area contributed by atoms with Crippen molar-refractivity contribution in [1.82, 2.24) is 9.46 Å². The SMILES string of the molecule is COC(=O)c1ccc(Cl)c(NC(=O)C2CCCN(S(=O)(=O)c3c(C)noc3C)C2)c1. The number of amides is 1. The second-order valence-corrected chi connectivity index (χ2v) is 9.31. The van der Waals surface area contributed by atoms with Crippen LogP contribution in [0.15, 0.2) is 27.6 Å². The lowest BCUT2D eigenvalue weighted by atomic mass is 9.98. The average Bonchev–Trinajstić information content (AvgIpc) is 3.07. The Kier molecular flexibility index (Phi) is 6.49. The largest absolute Gasteiger partial charge is 0.465 e. The molecule has 1 fully saturated rings. The Morgan fingerprint density at radius 1 is 1.33 bits per heavy atom. The highest BCUT2D eigenvalue weighted by Gasteiger charge is 2.36. The fourth-order valence-electron chi connectivity index (χ4n) is 3.45. The van der Waals surface area contributed by atoms with Crippen LogP contribution < -0.4 is 5.32 Å². The van der Waals surface area contributed by atoms with Crippen LogP contribution in [0.5, 0.6) is 0 Å². The number of anilines is 1. The van der Waals surface area contributed by atoms with Crippen LogP contribution in [0, 0.1) is 19.8 Å². The molecular weight excluding hydrogens is 434 g/mol. The number of nitrogens with one attached hydrogen (secondary N) is 1. The Morgan fingerprint density at radius 2 is 2.07 bits per heavy atom. The fourth-order valence-corrected chi connectivity index (χ4v) is 5.43. The van der Waals surface area contributed by atoms with E-state index < -0.39 is 21.9 Å². The molecule has 1 saturated heterocycles. The van der Waals surface area contributed by atoms with Crippen LogP contribution in [0.1, 0.15) is 34.7 Å². The molecule has 1 aromatic carbocycles. The summed E-state index contributed by atoms with van der Waals surface area (Å²) < 4.78 is 37.0. The zero-order valence-electron chi connectivity index (χ0n) is 16.8. The second-order valence-electron chi connectivity index (χ2n) is 7.03. The molecule has 0 radical (unpaired) electrons. The molecule has 1 aliphatic heterocycles. The molecule has 0 saturated carbocycles. The predicted octanol–water partition coefficient (Wildman–Crippen LogP) is 2.77. The number of aromatic nitrogens is 1. The first-order valence-corrected chi connectivity index (χ1v) is 11.1. The molecule has 0 bridgehead atoms. The van der Waals surface area contributed by atoms with E-state index in [2.05, 4.69) is 15.2 Å². The van der Waals surface area contributed by atoms with Crippen molar-refractivity contribution in [2.24, 2.45) is 5.92 Å². The van der Waals surface area contributed by atoms with Crippen molar-refractivity contribution in [1.29, 1.82) is 0 Å². The maximum Gasteiger partial charge on any atom is 0.337 e. The number of esters is 1. The number of methoxy groups -OCH3 is 1. The molecule has 1 aromatic heterocycles. The lowest BCUT2D eigenvalue weighted by Gasteiger charge is -2.31. The third-order valence-corrected chi connectivity index (χ3v) is 7.41. The van der Waals surface area contributed by atoms with Crippen LogP contribution in [-0.4, -0.2) is 50.0 Å². The van der Waals surface area contributed by atoms with Crippen LogP contribution in [-0.2, 0) is 19.6 Å². The van der Waals surface area contributed by atoms with E-state index in [1.165, 1.54) is 36.5 Å². The van der Waals surface area contributed by atoms with Gasteiger partial charge in [0.05, 0.1) is 29.3 Å². The Hall–Kier alpha value is -2.43. The molecule has 1 unspecified atom stereocenters. The Balaban J connectivity index is 1.78. The van der Waals surface area contributed by atoms with Gasteiger partial charge in [0.1, 0.15) is 10.6 Å². The summed E-state index contributed by atoms with van der Waals surface area (Å²) in [6.07, 6.45) is 1.05. The first-order valence-electron chi connectivity index (χ1n) is 9.27. The summed E-state index contributed by atoms with van der Waals surface area (Å²) in [5.41, 5.74) is 0.782. The minimum atomic E-state index is -3.84. The number of sulfonamides is 1. The Bertz CT molecular complexity index is 1060. The van der Waals surface area contributed by atoms with E-state index in [9.17, 15) is 18.0 Å². The smallest absolute Gasteiger partial charge is 0.337 e. The number of aryl methyl sites for hydroxylation is 2. The van der Waals surface area contributed by atoms with Crippen LogP contribution in [0.4, 0.5) is 5.69 Å². The van der Waals surface area contributed by atoms with E-state index in [-0.39, 0.29) is 45.1 Å². The van der Waals surface area contributed by atoms with Gasteiger partial charge in [0.2, 0.25) is 15.9 Å². The van der Waals surface area contributed by atoms with Gasteiger partial charge >= 0.3 is 5.97 Å². The molecule has 1 atom stereocenters. The number of hydrogen-bond acceptors (Lipinski definition) is 7. The monoisotopic (exact) mass is 455 g/mol. The van der Waals surface area contributed by atoms with Gasteiger partial charge in [-0.15, -0.1) is 0 Å². The summed E-state index contributed by atoms with van der Waals surface area (Å²) in [4.78, 5) is 24.6. The zero-order chi connectivity index (χ0) is 22.1. The summed E-state index contributed by atoms with van der Waals surface area (Å²) in [6.45, 7) is 3.42. The fraction of sp³-hybridized carbons (Fsp3) is 0.421. The molecule has 1 aliphatic rings. The Labute approximate surface area is 179 Å². The number of nitrogens with zero attached hydrogens (tertiary/aromatic N) is 2. The average molecular weight is 456 g/mol. The van der Waals surface area contributed by atoms with Gasteiger partial charge < -0.3 is 14.6 Å². The molecule has 3 rings (SSSR count). The molecule has 9 nitrogen and oxygen atoms in total. The standard InChI is InChI=1S/C19H22ClN3O6S/c1-11-17(12(2)29-22-11)30(26,27)23-8-4-5-14(10-23)18(24)21-16-9-13(19(25)28-3)6-7-15(16)20/h6-7,9,14H,4-5,8,10H2,1-3H3,(H,21,24). The predicted molar refractivity (Wildman–Crippen MR) is 109 cm³/mol. The molecule has 1 N–H and O–H groups in total. The summed E-state index contributed by atoms with van der Waals surface area (Å²) in [6, 6.07) is 4.40. The van der Waals surface area contributed by atoms with Crippen molar-refractivity contribution in [3.63, 3.8) is 0 Å². The van der Waals surface area contributed by atoms with Crippen LogP contribution >= 0.6 is 11.6 Å². The lowest BCUT2D eigenvalue weighted by Crippen LogP contribution is -2.44. The molecule has 11 heteroatoms. The van der Waals surface area contributed by atoms with Crippen LogP contribution in [0.3, 0.4) is 0 Å². The molecular formula is C19H22ClN3O6S. The number of carbonyl (C=O) groups is 2. The quantitative estimate of drug-likeness (QED) is 0.688. The molecule has 162 valence electrons. The van der Waals surface area contributed by atoms with E-state index >= 15 is 0 Å². The number of ether oxygens (including phenoxy) is 1. The van der Waals surface area contributed by atoms with Crippen molar-refractivity contribution >= 4 is 39.2 Å². The highest BCUT2D eigenvalue weighted by molar-refractivity contribution is 7.89. The minimum absolute atomic E-state index is 0.0204. The third-order valence-electron chi connectivity index (χ3n) is 4.97. The van der Waals surface area contributed by atoms with E-state index in [0.29, 0.717) is 19.4 Å². The van der Waals surface area contributed by atoms with E-state index in [4.69, 9.17) is 16.1 Å². The number of benzene rings is 1. The summed E-state index contributed by atoms with van der Waals surface area (Å²) >= 11 is 6.14. The first-order chi connectivity index (χ1) is 14.1. The maximum atomic E-state index is 13.0. The molecule has 2 heterocycles. The van der Waals surface area contributed by atoms with Crippen molar-refractivity contribution in [2.45, 2.75) is 31.6 Å². The van der Waals surface area contributed by atoms with Gasteiger partial charge in [0, 0.05) is 13.1 Å². The van der Waals surface area contributed by atoms with Gasteiger partial charge in [-0.25, -0.2) is 13.2 Å². The van der Waals surface area contributed by atoms with Crippen LogP contribution in [0.25, 0.3) is 0 Å². The molecule has 2 aromatic rings. The van der Waals surface area contributed by atoms with Crippen molar-refractivity contribution in [3.05, 3.63) is 40.2 Å². The van der Waals surface area contributed by atoms with E-state index in [0.717, 1.165) is 0 Å². The summed E-state index contributed by atoms with van der Waals surface area (Å²) in [5.74, 6) is -1.30. The topological polar surface area (TPSA) is 119 Å². The highest BCUT2D eigenvalue weighted by atomic mass is 35.5. The van der Waals surface area contributed by atoms with E-state index in [1.54, 1.807) is 6.92 Å². The van der Waals surface area contributed by atoms with Gasteiger partial charge in [0.25, 0.3) is 0 Å². The summed E-state index contributed by atoms with van der Waals surface area (Å²) in [7, 11) is -2.58.